The van der Waals surface area contributed by atoms with Gasteiger partial charge in [0.05, 0.1) is 5.41 Å². The van der Waals surface area contributed by atoms with Crippen molar-refractivity contribution >= 4 is 32.3 Å². The van der Waals surface area contributed by atoms with Crippen LogP contribution in [0.4, 0.5) is 0 Å². The molecule has 0 amide bonds. The molecule has 0 bridgehead atoms. The lowest BCUT2D eigenvalue weighted by Crippen LogP contribution is -2.21. The van der Waals surface area contributed by atoms with Crippen molar-refractivity contribution in [1.82, 2.24) is 4.72 Å². The number of aliphatic carboxylic acids is 1. The Kier molecular flexibility index (Phi) is 7.06. The van der Waals surface area contributed by atoms with E-state index in [9.17, 15) is 13.2 Å². The van der Waals surface area contributed by atoms with Crippen molar-refractivity contribution in [2.24, 2.45) is 0 Å². The van der Waals surface area contributed by atoms with Crippen molar-refractivity contribution in [1.29, 1.82) is 0 Å². The van der Waals surface area contributed by atoms with Gasteiger partial charge in [-0.1, -0.05) is 91.0 Å². The SMILES string of the molecule is O=C(O)COc1cccc2c(CNS(=O)(=O)C=C(c3ccccc3)c3ccccc3)cccc12. The quantitative estimate of drug-likeness (QED) is 0.364. The summed E-state index contributed by atoms with van der Waals surface area (Å²) in [6.45, 7) is -0.391. The molecule has 0 saturated heterocycles. The highest BCUT2D eigenvalue weighted by Crippen LogP contribution is 2.29. The zero-order valence-corrected chi connectivity index (χ0v) is 19.0. The van der Waals surface area contributed by atoms with Gasteiger partial charge in [0.2, 0.25) is 10.0 Å². The van der Waals surface area contributed by atoms with Gasteiger partial charge < -0.3 is 9.84 Å². The molecule has 34 heavy (non-hydrogen) atoms. The molecule has 0 heterocycles. The molecule has 0 radical (unpaired) electrons. The molecule has 0 aliphatic carbocycles. The zero-order chi connectivity index (χ0) is 24.0. The van der Waals surface area contributed by atoms with Crippen LogP contribution in [-0.4, -0.2) is 26.1 Å². The summed E-state index contributed by atoms with van der Waals surface area (Å²) in [6, 6.07) is 29.4. The lowest BCUT2D eigenvalue weighted by molar-refractivity contribution is -0.139. The van der Waals surface area contributed by atoms with Crippen molar-refractivity contribution in [2.75, 3.05) is 6.61 Å². The van der Waals surface area contributed by atoms with E-state index in [4.69, 9.17) is 9.84 Å². The minimum Gasteiger partial charge on any atom is -0.481 e. The van der Waals surface area contributed by atoms with Crippen LogP contribution >= 0.6 is 0 Å². The minimum absolute atomic E-state index is 0.0649. The largest absolute Gasteiger partial charge is 0.481 e. The second-order valence-corrected chi connectivity index (χ2v) is 9.19. The van der Waals surface area contributed by atoms with Crippen molar-refractivity contribution in [3.05, 3.63) is 119 Å². The first-order chi connectivity index (χ1) is 16.4. The van der Waals surface area contributed by atoms with E-state index in [-0.39, 0.29) is 6.54 Å². The summed E-state index contributed by atoms with van der Waals surface area (Å²) < 4.78 is 34.2. The van der Waals surface area contributed by atoms with Crippen molar-refractivity contribution in [2.45, 2.75) is 6.54 Å². The standard InChI is InChI=1S/C27H23NO5S/c29-27(30)18-33-26-16-8-14-23-22(13-7-15-24(23)26)17-28-34(31,32)19-25(20-9-3-1-4-10-20)21-11-5-2-6-12-21/h1-16,19,28H,17-18H2,(H,29,30). The predicted molar refractivity (Wildman–Crippen MR) is 133 cm³/mol. The van der Waals surface area contributed by atoms with Crippen LogP contribution in [0.3, 0.4) is 0 Å². The number of fused-ring (bicyclic) bond motifs is 1. The number of hydrogen-bond donors (Lipinski definition) is 2. The predicted octanol–water partition coefficient (Wildman–Crippen LogP) is 4.81. The molecule has 2 N–H and O–H groups in total. The van der Waals surface area contributed by atoms with E-state index in [1.165, 1.54) is 5.41 Å². The second kappa shape index (κ2) is 10.3. The number of nitrogens with one attached hydrogen (secondary N) is 1. The lowest BCUT2D eigenvalue weighted by atomic mass is 10.00. The number of carboxylic acid groups (broad SMARTS) is 1. The molecule has 0 saturated carbocycles. The van der Waals surface area contributed by atoms with Crippen LogP contribution in [0.15, 0.2) is 102 Å². The molecule has 0 fully saturated rings. The van der Waals surface area contributed by atoms with E-state index in [1.807, 2.05) is 78.9 Å². The number of benzene rings is 4. The monoisotopic (exact) mass is 473 g/mol. The highest BCUT2D eigenvalue weighted by molar-refractivity contribution is 7.92. The fraction of sp³-hybridized carbons (Fsp3) is 0.0741. The molecule has 0 spiro atoms. The van der Waals surface area contributed by atoms with Gasteiger partial charge in [-0.05, 0) is 28.1 Å². The lowest BCUT2D eigenvalue weighted by Gasteiger charge is -2.12. The molecule has 4 aromatic rings. The van der Waals surface area contributed by atoms with E-state index in [1.54, 1.807) is 18.2 Å². The smallest absolute Gasteiger partial charge is 0.341 e. The Bertz CT molecular complexity index is 1390. The maximum absolute atomic E-state index is 13.1. The highest BCUT2D eigenvalue weighted by Gasteiger charge is 2.14. The maximum Gasteiger partial charge on any atom is 0.341 e. The van der Waals surface area contributed by atoms with E-state index >= 15 is 0 Å². The van der Waals surface area contributed by atoms with E-state index < -0.39 is 22.6 Å². The molecule has 172 valence electrons. The minimum atomic E-state index is -3.80. The third kappa shape index (κ3) is 5.70. The molecule has 0 atom stereocenters. The van der Waals surface area contributed by atoms with Crippen LogP contribution < -0.4 is 9.46 Å². The van der Waals surface area contributed by atoms with Crippen LogP contribution in [0.2, 0.25) is 0 Å². The fourth-order valence-corrected chi connectivity index (χ4v) is 4.70. The number of hydrogen-bond acceptors (Lipinski definition) is 4. The number of ether oxygens (including phenoxy) is 1. The zero-order valence-electron chi connectivity index (χ0n) is 18.2. The Hall–Kier alpha value is -3.94. The molecule has 0 aromatic heterocycles. The van der Waals surface area contributed by atoms with Gasteiger partial charge in [0, 0.05) is 17.5 Å². The summed E-state index contributed by atoms with van der Waals surface area (Å²) in [6.07, 6.45) is 0. The van der Waals surface area contributed by atoms with Crippen LogP contribution in [0.25, 0.3) is 16.3 Å². The third-order valence-electron chi connectivity index (χ3n) is 5.23. The second-order valence-electron chi connectivity index (χ2n) is 7.58. The Balaban J connectivity index is 1.63. The molecule has 4 aromatic carbocycles. The van der Waals surface area contributed by atoms with Crippen molar-refractivity contribution in [3.8, 4) is 5.75 Å². The van der Waals surface area contributed by atoms with Gasteiger partial charge in [-0.3, -0.25) is 0 Å². The average molecular weight is 474 g/mol. The molecule has 0 aliphatic rings. The summed E-state index contributed by atoms with van der Waals surface area (Å²) >= 11 is 0. The highest BCUT2D eigenvalue weighted by atomic mass is 32.2. The fourth-order valence-electron chi connectivity index (χ4n) is 3.68. The van der Waals surface area contributed by atoms with Gasteiger partial charge in [0.25, 0.3) is 0 Å². The van der Waals surface area contributed by atoms with Crippen LogP contribution in [0, 0.1) is 0 Å². The summed E-state index contributed by atoms with van der Waals surface area (Å²) in [7, 11) is -3.80. The van der Waals surface area contributed by atoms with Gasteiger partial charge in [-0.25, -0.2) is 17.9 Å². The van der Waals surface area contributed by atoms with Crippen LogP contribution in [-0.2, 0) is 21.4 Å². The van der Waals surface area contributed by atoms with Crippen LogP contribution in [0.1, 0.15) is 16.7 Å². The van der Waals surface area contributed by atoms with Crippen molar-refractivity contribution in [3.63, 3.8) is 0 Å². The Labute approximate surface area is 198 Å². The Morgan fingerprint density at radius 1 is 0.794 bits per heavy atom. The van der Waals surface area contributed by atoms with Gasteiger partial charge in [0.1, 0.15) is 5.75 Å². The van der Waals surface area contributed by atoms with Gasteiger partial charge in [0.15, 0.2) is 6.61 Å². The first kappa shape index (κ1) is 23.2. The Morgan fingerprint density at radius 2 is 1.38 bits per heavy atom. The molecule has 7 heteroatoms. The van der Waals surface area contributed by atoms with Crippen LogP contribution in [0.5, 0.6) is 5.75 Å². The number of carboxylic acids is 1. The topological polar surface area (TPSA) is 92.7 Å². The average Bonchev–Trinajstić information content (AvgIpc) is 2.86. The summed E-state index contributed by atoms with van der Waals surface area (Å²) in [5.41, 5.74) is 2.93. The number of sulfonamides is 1. The summed E-state index contributed by atoms with van der Waals surface area (Å²) in [5, 5.41) is 11.7. The maximum atomic E-state index is 13.1. The summed E-state index contributed by atoms with van der Waals surface area (Å²) in [4.78, 5) is 10.9. The third-order valence-corrected chi connectivity index (χ3v) is 6.32. The molecular formula is C27H23NO5S. The molecule has 0 aliphatic heterocycles. The number of rotatable bonds is 9. The first-order valence-corrected chi connectivity index (χ1v) is 12.1. The molecule has 0 unspecified atom stereocenters. The van der Waals surface area contributed by atoms with E-state index in [0.29, 0.717) is 16.7 Å². The van der Waals surface area contributed by atoms with E-state index in [0.717, 1.165) is 22.1 Å². The van der Waals surface area contributed by atoms with Gasteiger partial charge in [-0.2, -0.15) is 0 Å². The van der Waals surface area contributed by atoms with E-state index in [2.05, 4.69) is 4.72 Å². The normalized spacial score (nSPS) is 11.2. The Morgan fingerprint density at radius 3 is 2.00 bits per heavy atom. The van der Waals surface area contributed by atoms with Gasteiger partial charge in [-0.15, -0.1) is 0 Å². The number of carbonyl (C=O) groups is 1. The van der Waals surface area contributed by atoms with Crippen molar-refractivity contribution < 1.29 is 23.1 Å². The summed E-state index contributed by atoms with van der Waals surface area (Å²) in [5.74, 6) is -0.639. The first-order valence-electron chi connectivity index (χ1n) is 10.6. The molecule has 4 rings (SSSR count). The molecule has 6 nitrogen and oxygen atoms in total. The molecular weight excluding hydrogens is 450 g/mol. The van der Waals surface area contributed by atoms with Gasteiger partial charge >= 0.3 is 5.97 Å².